The molecule has 1 aromatic heterocycles. The number of aryl methyl sites for hydroxylation is 1. The summed E-state index contributed by atoms with van der Waals surface area (Å²) in [7, 11) is 3.94. The van der Waals surface area contributed by atoms with E-state index in [9.17, 15) is 4.79 Å². The van der Waals surface area contributed by atoms with Crippen LogP contribution in [0.25, 0.3) is 11.4 Å². The van der Waals surface area contributed by atoms with Gasteiger partial charge in [-0.1, -0.05) is 16.8 Å². The summed E-state index contributed by atoms with van der Waals surface area (Å²) in [6.45, 7) is 0. The van der Waals surface area contributed by atoms with Crippen molar-refractivity contribution in [3.05, 3.63) is 59.4 Å². The van der Waals surface area contributed by atoms with Crippen LogP contribution in [-0.4, -0.2) is 30.1 Å². The molecular formula is C19H19ClN4O2. The first-order valence-corrected chi connectivity index (χ1v) is 8.55. The maximum atomic E-state index is 12.1. The molecule has 0 fully saturated rings. The Morgan fingerprint density at radius 3 is 2.46 bits per heavy atom. The molecule has 3 rings (SSSR count). The fourth-order valence-electron chi connectivity index (χ4n) is 2.36. The smallest absolute Gasteiger partial charge is 0.227 e. The van der Waals surface area contributed by atoms with E-state index in [1.807, 2.05) is 55.4 Å². The van der Waals surface area contributed by atoms with E-state index in [1.54, 1.807) is 12.1 Å². The van der Waals surface area contributed by atoms with Gasteiger partial charge in [0.1, 0.15) is 0 Å². The molecule has 134 valence electrons. The number of aromatic nitrogens is 2. The van der Waals surface area contributed by atoms with E-state index >= 15 is 0 Å². The number of benzene rings is 2. The fraction of sp³-hybridized carbons (Fsp3) is 0.211. The Morgan fingerprint density at radius 2 is 1.81 bits per heavy atom. The number of halogens is 1. The van der Waals surface area contributed by atoms with Gasteiger partial charge in [-0.05, 0) is 48.5 Å². The number of hydrogen-bond acceptors (Lipinski definition) is 5. The monoisotopic (exact) mass is 370 g/mol. The van der Waals surface area contributed by atoms with Gasteiger partial charge in [-0.3, -0.25) is 4.79 Å². The number of anilines is 2. The molecule has 1 heterocycles. The molecule has 0 radical (unpaired) electrons. The lowest BCUT2D eigenvalue weighted by Gasteiger charge is -2.12. The number of hydrogen-bond donors (Lipinski definition) is 1. The van der Waals surface area contributed by atoms with Crippen molar-refractivity contribution in [1.29, 1.82) is 0 Å². The molecule has 6 nitrogen and oxygen atoms in total. The average molecular weight is 371 g/mol. The van der Waals surface area contributed by atoms with Gasteiger partial charge in [-0.2, -0.15) is 4.98 Å². The summed E-state index contributed by atoms with van der Waals surface area (Å²) in [6.07, 6.45) is 0.639. The van der Waals surface area contributed by atoms with Crippen LogP contribution in [0, 0.1) is 0 Å². The van der Waals surface area contributed by atoms with Crippen LogP contribution in [0.1, 0.15) is 12.3 Å². The van der Waals surface area contributed by atoms with Crippen molar-refractivity contribution in [2.75, 3.05) is 24.3 Å². The number of carbonyl (C=O) groups excluding carboxylic acids is 1. The Hall–Kier alpha value is -2.86. The van der Waals surface area contributed by atoms with Crippen LogP contribution < -0.4 is 10.2 Å². The number of carbonyl (C=O) groups is 1. The number of nitrogens with zero attached hydrogens (tertiary/aromatic N) is 3. The van der Waals surface area contributed by atoms with Crippen molar-refractivity contribution in [3.8, 4) is 11.4 Å². The molecule has 0 atom stereocenters. The Bertz CT molecular complexity index is 873. The number of amides is 1. The molecule has 0 aliphatic heterocycles. The molecule has 7 heteroatoms. The molecule has 0 bridgehead atoms. The lowest BCUT2D eigenvalue weighted by molar-refractivity contribution is -0.116. The van der Waals surface area contributed by atoms with Crippen molar-refractivity contribution < 1.29 is 9.32 Å². The first-order valence-electron chi connectivity index (χ1n) is 8.17. The Labute approximate surface area is 156 Å². The first kappa shape index (κ1) is 17.9. The van der Waals surface area contributed by atoms with Gasteiger partial charge < -0.3 is 14.7 Å². The van der Waals surface area contributed by atoms with Crippen LogP contribution >= 0.6 is 11.6 Å². The van der Waals surface area contributed by atoms with Crippen LogP contribution in [0.15, 0.2) is 53.1 Å². The highest BCUT2D eigenvalue weighted by Gasteiger charge is 2.11. The van der Waals surface area contributed by atoms with Crippen molar-refractivity contribution in [2.24, 2.45) is 0 Å². The highest BCUT2D eigenvalue weighted by atomic mass is 35.5. The van der Waals surface area contributed by atoms with E-state index in [4.69, 9.17) is 16.1 Å². The molecule has 0 saturated heterocycles. The predicted molar refractivity (Wildman–Crippen MR) is 102 cm³/mol. The third-order valence-corrected chi connectivity index (χ3v) is 4.06. The molecule has 0 aliphatic carbocycles. The van der Waals surface area contributed by atoms with Gasteiger partial charge >= 0.3 is 0 Å². The standard InChI is InChI=1S/C19H19ClN4O2/c1-24(2)16-9-7-15(8-10-16)21-17(25)11-12-18-22-19(23-26-18)13-3-5-14(20)6-4-13/h3-10H,11-12H2,1-2H3,(H,21,25). The van der Waals surface area contributed by atoms with Gasteiger partial charge in [-0.25, -0.2) is 0 Å². The largest absolute Gasteiger partial charge is 0.378 e. The second kappa shape index (κ2) is 8.01. The van der Waals surface area contributed by atoms with Gasteiger partial charge in [0.25, 0.3) is 0 Å². The fourth-order valence-corrected chi connectivity index (χ4v) is 2.49. The zero-order valence-electron chi connectivity index (χ0n) is 14.6. The minimum absolute atomic E-state index is 0.103. The highest BCUT2D eigenvalue weighted by molar-refractivity contribution is 6.30. The van der Waals surface area contributed by atoms with Crippen molar-refractivity contribution >= 4 is 28.9 Å². The maximum absolute atomic E-state index is 12.1. The Balaban J connectivity index is 1.54. The summed E-state index contributed by atoms with van der Waals surface area (Å²) in [4.78, 5) is 18.4. The van der Waals surface area contributed by atoms with Gasteiger partial charge in [0.05, 0.1) is 0 Å². The number of rotatable bonds is 6. The van der Waals surface area contributed by atoms with Crippen LogP contribution in [0.3, 0.4) is 0 Å². The van der Waals surface area contributed by atoms with Gasteiger partial charge in [0.2, 0.25) is 17.6 Å². The van der Waals surface area contributed by atoms with Crippen LogP contribution in [0.4, 0.5) is 11.4 Å². The van der Waals surface area contributed by atoms with Gasteiger partial charge in [-0.15, -0.1) is 0 Å². The van der Waals surface area contributed by atoms with Gasteiger partial charge in [0, 0.05) is 48.9 Å². The SMILES string of the molecule is CN(C)c1ccc(NC(=O)CCc2nc(-c3ccc(Cl)cc3)no2)cc1. The summed E-state index contributed by atoms with van der Waals surface area (Å²) in [5, 5.41) is 7.45. The average Bonchev–Trinajstić information content (AvgIpc) is 3.10. The van der Waals surface area contributed by atoms with Gasteiger partial charge in [0.15, 0.2) is 0 Å². The molecule has 1 N–H and O–H groups in total. The zero-order valence-corrected chi connectivity index (χ0v) is 15.3. The van der Waals surface area contributed by atoms with E-state index in [2.05, 4.69) is 15.5 Å². The zero-order chi connectivity index (χ0) is 18.5. The summed E-state index contributed by atoms with van der Waals surface area (Å²) in [6, 6.07) is 14.8. The molecule has 0 unspecified atom stereocenters. The minimum atomic E-state index is -0.103. The molecule has 26 heavy (non-hydrogen) atoms. The van der Waals surface area contributed by atoms with E-state index in [0.717, 1.165) is 16.9 Å². The molecule has 2 aromatic carbocycles. The lowest BCUT2D eigenvalue weighted by Crippen LogP contribution is -2.13. The summed E-state index contributed by atoms with van der Waals surface area (Å²) in [5.41, 5.74) is 2.64. The van der Waals surface area contributed by atoms with Crippen LogP contribution in [-0.2, 0) is 11.2 Å². The van der Waals surface area contributed by atoms with Crippen molar-refractivity contribution in [1.82, 2.24) is 10.1 Å². The topological polar surface area (TPSA) is 71.3 Å². The van der Waals surface area contributed by atoms with Crippen molar-refractivity contribution in [2.45, 2.75) is 12.8 Å². The highest BCUT2D eigenvalue weighted by Crippen LogP contribution is 2.19. The first-order chi connectivity index (χ1) is 12.5. The van der Waals surface area contributed by atoms with E-state index < -0.39 is 0 Å². The Morgan fingerprint density at radius 1 is 1.12 bits per heavy atom. The lowest BCUT2D eigenvalue weighted by atomic mass is 10.2. The molecule has 3 aromatic rings. The van der Waals surface area contributed by atoms with Crippen molar-refractivity contribution in [3.63, 3.8) is 0 Å². The molecule has 0 spiro atoms. The maximum Gasteiger partial charge on any atom is 0.227 e. The number of nitrogens with one attached hydrogen (secondary N) is 1. The quantitative estimate of drug-likeness (QED) is 0.709. The molecule has 1 amide bonds. The third kappa shape index (κ3) is 4.61. The molecule has 0 saturated carbocycles. The van der Waals surface area contributed by atoms with Crippen LogP contribution in [0.5, 0.6) is 0 Å². The van der Waals surface area contributed by atoms with E-state index in [0.29, 0.717) is 23.2 Å². The second-order valence-corrected chi connectivity index (χ2v) is 6.44. The summed E-state index contributed by atoms with van der Waals surface area (Å²) >= 11 is 5.87. The summed E-state index contributed by atoms with van der Waals surface area (Å²) in [5.74, 6) is 0.804. The molecule has 0 aliphatic rings. The second-order valence-electron chi connectivity index (χ2n) is 6.01. The van der Waals surface area contributed by atoms with E-state index in [-0.39, 0.29) is 12.3 Å². The third-order valence-electron chi connectivity index (χ3n) is 3.80. The minimum Gasteiger partial charge on any atom is -0.378 e. The predicted octanol–water partition coefficient (Wildman–Crippen LogP) is 4.03. The van der Waals surface area contributed by atoms with Crippen LogP contribution in [0.2, 0.25) is 5.02 Å². The van der Waals surface area contributed by atoms with E-state index in [1.165, 1.54) is 0 Å². The molecular weight excluding hydrogens is 352 g/mol. The normalized spacial score (nSPS) is 10.6. The summed E-state index contributed by atoms with van der Waals surface area (Å²) < 4.78 is 5.21. The Kier molecular flexibility index (Phi) is 5.53.